The van der Waals surface area contributed by atoms with Gasteiger partial charge in [-0.25, -0.2) is 0 Å². The number of hydrogen-bond donors (Lipinski definition) is 0. The molecule has 0 spiro atoms. The molecule has 1 atom stereocenters. The molecule has 1 aliphatic rings. The Bertz CT molecular complexity index is 491. The summed E-state index contributed by atoms with van der Waals surface area (Å²) in [5.74, 6) is -0.805. The van der Waals surface area contributed by atoms with Gasteiger partial charge in [-0.15, -0.1) is 0 Å². The predicted octanol–water partition coefficient (Wildman–Crippen LogP) is 3.91. The molecule has 0 N–H and O–H groups in total. The van der Waals surface area contributed by atoms with Crippen molar-refractivity contribution < 1.29 is 31.8 Å². The molecule has 0 saturated heterocycles. The molecule has 0 fully saturated rings. The molecule has 20 heavy (non-hydrogen) atoms. The molecule has 1 aromatic carbocycles. The second kappa shape index (κ2) is 5.76. The third-order valence-electron chi connectivity index (χ3n) is 3.01. The lowest BCUT2D eigenvalue weighted by atomic mass is 9.99. The number of alkyl halides is 4. The Morgan fingerprint density at radius 3 is 2.35 bits per heavy atom. The van der Waals surface area contributed by atoms with Gasteiger partial charge in [-0.3, -0.25) is 0 Å². The van der Waals surface area contributed by atoms with Gasteiger partial charge in [0.15, 0.2) is 11.5 Å². The van der Waals surface area contributed by atoms with Crippen LogP contribution in [0.1, 0.15) is 24.5 Å². The highest BCUT2D eigenvalue weighted by Gasteiger charge is 2.28. The Balaban J connectivity index is 2.52. The van der Waals surface area contributed by atoms with Crippen LogP contribution >= 0.6 is 0 Å². The van der Waals surface area contributed by atoms with Crippen LogP contribution in [0.2, 0.25) is 0 Å². The molecule has 2 rings (SSSR count). The lowest BCUT2D eigenvalue weighted by Gasteiger charge is -2.27. The monoisotopic (exact) mass is 294 g/mol. The summed E-state index contributed by atoms with van der Waals surface area (Å²) in [5, 5.41) is 0. The third-order valence-corrected chi connectivity index (χ3v) is 3.01. The minimum atomic E-state index is -3.15. The average Bonchev–Trinajstić information content (AvgIpc) is 2.33. The van der Waals surface area contributed by atoms with Crippen LogP contribution < -0.4 is 14.2 Å². The summed E-state index contributed by atoms with van der Waals surface area (Å²) in [6.07, 6.45) is 1.12. The molecule has 0 bridgehead atoms. The fourth-order valence-corrected chi connectivity index (χ4v) is 2.19. The van der Waals surface area contributed by atoms with Crippen LogP contribution in [0.3, 0.4) is 0 Å². The summed E-state index contributed by atoms with van der Waals surface area (Å²) in [7, 11) is 0. The molecule has 1 heterocycles. The van der Waals surface area contributed by atoms with Crippen LogP contribution in [0.25, 0.3) is 0 Å². The van der Waals surface area contributed by atoms with Crippen LogP contribution in [0.5, 0.6) is 17.2 Å². The molecule has 7 heteroatoms. The second-order valence-corrected chi connectivity index (χ2v) is 4.56. The van der Waals surface area contributed by atoms with E-state index in [9.17, 15) is 17.6 Å². The highest BCUT2D eigenvalue weighted by atomic mass is 19.3. The Kier molecular flexibility index (Phi) is 4.25. The van der Waals surface area contributed by atoms with Gasteiger partial charge in [0.25, 0.3) is 0 Å². The highest BCUT2D eigenvalue weighted by molar-refractivity contribution is 5.60. The van der Waals surface area contributed by atoms with Crippen molar-refractivity contribution >= 4 is 0 Å². The van der Waals surface area contributed by atoms with E-state index >= 15 is 0 Å². The molecule has 0 radical (unpaired) electrons. The molecule has 0 aromatic heterocycles. The highest BCUT2D eigenvalue weighted by Crippen LogP contribution is 2.46. The first-order valence-corrected chi connectivity index (χ1v) is 6.11. The minimum absolute atomic E-state index is 0.0605. The Morgan fingerprint density at radius 1 is 1.15 bits per heavy atom. The number of benzene rings is 1. The molecule has 112 valence electrons. The maximum atomic E-state index is 12.5. The zero-order valence-corrected chi connectivity index (χ0v) is 11.0. The SMILES string of the molecule is Cc1cc2c(c(OC(F)F)c1OC(F)F)OC(C)CC2. The summed E-state index contributed by atoms with van der Waals surface area (Å²) < 4.78 is 64.0. The fraction of sp³-hybridized carbons (Fsp3) is 0.538. The quantitative estimate of drug-likeness (QED) is 0.788. The molecule has 1 aliphatic heterocycles. The first kappa shape index (κ1) is 14.7. The fourth-order valence-electron chi connectivity index (χ4n) is 2.19. The van der Waals surface area contributed by atoms with Crippen molar-refractivity contribution in [2.24, 2.45) is 0 Å². The summed E-state index contributed by atoms with van der Waals surface area (Å²) in [4.78, 5) is 0. The third kappa shape index (κ3) is 3.08. The molecule has 0 saturated carbocycles. The van der Waals surface area contributed by atoms with Gasteiger partial charge in [0.1, 0.15) is 0 Å². The topological polar surface area (TPSA) is 27.7 Å². The molecule has 3 nitrogen and oxygen atoms in total. The largest absolute Gasteiger partial charge is 0.486 e. The van der Waals surface area contributed by atoms with E-state index in [-0.39, 0.29) is 11.9 Å². The van der Waals surface area contributed by atoms with Crippen molar-refractivity contribution in [1.82, 2.24) is 0 Å². The molecule has 0 aliphatic carbocycles. The van der Waals surface area contributed by atoms with E-state index < -0.39 is 24.7 Å². The van der Waals surface area contributed by atoms with E-state index in [0.717, 1.165) is 6.42 Å². The number of ether oxygens (including phenoxy) is 3. The van der Waals surface area contributed by atoms with Gasteiger partial charge in [0.05, 0.1) is 6.10 Å². The van der Waals surface area contributed by atoms with Gasteiger partial charge in [0.2, 0.25) is 5.75 Å². The number of halogens is 4. The van der Waals surface area contributed by atoms with Crippen molar-refractivity contribution in [3.05, 3.63) is 17.2 Å². The maximum Gasteiger partial charge on any atom is 0.387 e. The van der Waals surface area contributed by atoms with Gasteiger partial charge >= 0.3 is 13.2 Å². The summed E-state index contributed by atoms with van der Waals surface area (Å²) in [5.41, 5.74) is 0.954. The van der Waals surface area contributed by atoms with E-state index in [0.29, 0.717) is 17.5 Å². The van der Waals surface area contributed by atoms with Crippen LogP contribution in [-0.2, 0) is 6.42 Å². The maximum absolute atomic E-state index is 12.5. The van der Waals surface area contributed by atoms with Gasteiger partial charge in [-0.1, -0.05) is 0 Å². The smallest absolute Gasteiger partial charge is 0.387 e. The Hall–Kier alpha value is -1.66. The molecule has 1 aromatic rings. The summed E-state index contributed by atoms with van der Waals surface area (Å²) >= 11 is 0. The summed E-state index contributed by atoms with van der Waals surface area (Å²) in [6, 6.07) is 1.59. The number of hydrogen-bond acceptors (Lipinski definition) is 3. The first-order chi connectivity index (χ1) is 9.38. The second-order valence-electron chi connectivity index (χ2n) is 4.56. The van der Waals surface area contributed by atoms with Crippen LogP contribution in [0.4, 0.5) is 17.6 Å². The van der Waals surface area contributed by atoms with Crippen LogP contribution in [-0.4, -0.2) is 19.3 Å². The predicted molar refractivity (Wildman–Crippen MR) is 62.9 cm³/mol. The van der Waals surface area contributed by atoms with E-state index in [1.54, 1.807) is 13.0 Å². The first-order valence-electron chi connectivity index (χ1n) is 6.11. The minimum Gasteiger partial charge on any atom is -0.486 e. The normalized spacial score (nSPS) is 17.9. The van der Waals surface area contributed by atoms with Crippen molar-refractivity contribution in [3.8, 4) is 17.2 Å². The molecule has 0 amide bonds. The molecular formula is C13H14F4O3. The van der Waals surface area contributed by atoms with Crippen molar-refractivity contribution in [2.45, 2.75) is 46.0 Å². The van der Waals surface area contributed by atoms with Crippen molar-refractivity contribution in [1.29, 1.82) is 0 Å². The van der Waals surface area contributed by atoms with E-state index in [2.05, 4.69) is 9.47 Å². The van der Waals surface area contributed by atoms with Crippen LogP contribution in [0.15, 0.2) is 6.07 Å². The zero-order valence-electron chi connectivity index (χ0n) is 11.0. The van der Waals surface area contributed by atoms with Crippen LogP contribution in [0, 0.1) is 6.92 Å². The Morgan fingerprint density at radius 2 is 1.75 bits per heavy atom. The van der Waals surface area contributed by atoms with Gasteiger partial charge < -0.3 is 14.2 Å². The summed E-state index contributed by atoms with van der Waals surface area (Å²) in [6.45, 7) is -3.02. The number of rotatable bonds is 4. The van der Waals surface area contributed by atoms with E-state index in [1.165, 1.54) is 6.92 Å². The van der Waals surface area contributed by atoms with Crippen molar-refractivity contribution in [2.75, 3.05) is 0 Å². The lowest BCUT2D eigenvalue weighted by Crippen LogP contribution is -2.21. The molecular weight excluding hydrogens is 280 g/mol. The lowest BCUT2D eigenvalue weighted by molar-refractivity contribution is -0.0713. The van der Waals surface area contributed by atoms with E-state index in [4.69, 9.17) is 4.74 Å². The zero-order chi connectivity index (χ0) is 14.9. The molecule has 1 unspecified atom stereocenters. The average molecular weight is 294 g/mol. The van der Waals surface area contributed by atoms with Crippen molar-refractivity contribution in [3.63, 3.8) is 0 Å². The number of fused-ring (bicyclic) bond motifs is 1. The van der Waals surface area contributed by atoms with E-state index in [1.807, 2.05) is 0 Å². The van der Waals surface area contributed by atoms with Gasteiger partial charge in [-0.2, -0.15) is 17.6 Å². The standard InChI is InChI=1S/C13H14F4O3/c1-6-5-8-4-3-7(2)18-10(8)11(20-13(16)17)9(6)19-12(14)15/h5,7,12-13H,3-4H2,1-2H3. The Labute approximate surface area is 113 Å². The van der Waals surface area contributed by atoms with Gasteiger partial charge in [-0.05, 0) is 43.9 Å². The van der Waals surface area contributed by atoms with Gasteiger partial charge in [0, 0.05) is 0 Å². The number of aryl methyl sites for hydroxylation is 2.